The van der Waals surface area contributed by atoms with E-state index < -0.39 is 0 Å². The number of aromatic amines is 1. The molecule has 3 aromatic heterocycles. The van der Waals surface area contributed by atoms with Crippen molar-refractivity contribution in [1.29, 1.82) is 0 Å². The molecule has 9 heteroatoms. The van der Waals surface area contributed by atoms with Gasteiger partial charge in [0.1, 0.15) is 11.6 Å². The molecule has 0 aliphatic carbocycles. The summed E-state index contributed by atoms with van der Waals surface area (Å²) >= 11 is 1.62. The Morgan fingerprint density at radius 2 is 2.06 bits per heavy atom. The molecule has 0 fully saturated rings. The molecule has 0 saturated heterocycles. The Morgan fingerprint density at radius 3 is 2.87 bits per heavy atom. The molecule has 0 atom stereocenters. The summed E-state index contributed by atoms with van der Waals surface area (Å²) in [4.78, 5) is 26.0. The number of H-pyrrole nitrogens is 1. The fourth-order valence-electron chi connectivity index (χ4n) is 3.14. The summed E-state index contributed by atoms with van der Waals surface area (Å²) < 4.78 is 10.7. The minimum atomic E-state index is -0.280. The first-order chi connectivity index (χ1) is 15.2. The van der Waals surface area contributed by atoms with Crippen LogP contribution < -0.4 is 10.1 Å². The van der Waals surface area contributed by atoms with Crippen LogP contribution in [0.15, 0.2) is 64.5 Å². The first-order valence-corrected chi connectivity index (χ1v) is 10.4. The molecular formula is C22H17N5O3S. The molecule has 0 aliphatic rings. The number of anilines is 1. The second-order valence-electron chi connectivity index (χ2n) is 6.76. The number of amides is 1. The quantitative estimate of drug-likeness (QED) is 0.399. The second-order valence-corrected chi connectivity index (χ2v) is 7.71. The van der Waals surface area contributed by atoms with E-state index in [1.165, 1.54) is 0 Å². The van der Waals surface area contributed by atoms with Gasteiger partial charge in [-0.25, -0.2) is 4.98 Å². The van der Waals surface area contributed by atoms with Crippen molar-refractivity contribution in [2.45, 2.75) is 13.5 Å². The van der Waals surface area contributed by atoms with E-state index in [1.807, 2.05) is 35.7 Å². The predicted octanol–water partition coefficient (Wildman–Crippen LogP) is 4.81. The zero-order valence-electron chi connectivity index (χ0n) is 16.5. The highest BCUT2D eigenvalue weighted by Gasteiger charge is 2.14. The summed E-state index contributed by atoms with van der Waals surface area (Å²) in [5, 5.41) is 8.73. The van der Waals surface area contributed by atoms with E-state index in [4.69, 9.17) is 9.26 Å². The summed E-state index contributed by atoms with van der Waals surface area (Å²) in [6.07, 6.45) is 0. The number of thiophene rings is 1. The standard InChI is InChI=1S/C22H17N5O3S/c1-13-23-20(27-30-13)12-29-18-6-3-2-5-15(18)22(28)24-14-8-9-16-17(11-14)26-21(25-16)19-7-4-10-31-19/h2-11H,12H2,1H3,(H,24,28)(H,25,26). The summed E-state index contributed by atoms with van der Waals surface area (Å²) in [5.74, 6) is 1.84. The number of benzene rings is 2. The van der Waals surface area contributed by atoms with E-state index in [0.29, 0.717) is 28.7 Å². The monoisotopic (exact) mass is 431 g/mol. The maximum Gasteiger partial charge on any atom is 0.259 e. The Kier molecular flexibility index (Phi) is 4.93. The Balaban J connectivity index is 1.34. The molecule has 154 valence electrons. The molecule has 0 unspecified atom stereocenters. The van der Waals surface area contributed by atoms with E-state index in [1.54, 1.807) is 42.5 Å². The van der Waals surface area contributed by atoms with Crippen LogP contribution in [0.25, 0.3) is 21.7 Å². The molecule has 0 bridgehead atoms. The van der Waals surface area contributed by atoms with Gasteiger partial charge in [-0.1, -0.05) is 23.4 Å². The van der Waals surface area contributed by atoms with Crippen molar-refractivity contribution in [2.75, 3.05) is 5.32 Å². The maximum atomic E-state index is 12.9. The highest BCUT2D eigenvalue weighted by atomic mass is 32.1. The number of hydrogen-bond donors (Lipinski definition) is 2. The van der Waals surface area contributed by atoms with Crippen LogP contribution in [0.1, 0.15) is 22.1 Å². The number of carbonyl (C=O) groups is 1. The molecule has 0 radical (unpaired) electrons. The van der Waals surface area contributed by atoms with Crippen molar-refractivity contribution in [2.24, 2.45) is 0 Å². The van der Waals surface area contributed by atoms with Gasteiger partial charge in [0, 0.05) is 12.6 Å². The zero-order valence-corrected chi connectivity index (χ0v) is 17.3. The number of aryl methyl sites for hydroxylation is 1. The Labute approximate surface area is 180 Å². The zero-order chi connectivity index (χ0) is 21.2. The SMILES string of the molecule is Cc1nc(COc2ccccc2C(=O)Nc2ccc3nc(-c4cccs4)[nH]c3c2)no1. The molecule has 1 amide bonds. The van der Waals surface area contributed by atoms with Gasteiger partial charge >= 0.3 is 0 Å². The van der Waals surface area contributed by atoms with Gasteiger partial charge in [0.05, 0.1) is 21.5 Å². The van der Waals surface area contributed by atoms with E-state index in [9.17, 15) is 4.79 Å². The molecule has 2 aromatic carbocycles. The van der Waals surface area contributed by atoms with Crippen molar-refractivity contribution in [3.05, 3.63) is 77.3 Å². The number of fused-ring (bicyclic) bond motifs is 1. The van der Waals surface area contributed by atoms with E-state index in [0.717, 1.165) is 21.7 Å². The highest BCUT2D eigenvalue weighted by Crippen LogP contribution is 2.27. The van der Waals surface area contributed by atoms with E-state index in [-0.39, 0.29) is 12.5 Å². The molecule has 0 aliphatic heterocycles. The largest absolute Gasteiger partial charge is 0.485 e. The molecule has 2 N–H and O–H groups in total. The topological polar surface area (TPSA) is 106 Å². The van der Waals surface area contributed by atoms with Crippen molar-refractivity contribution < 1.29 is 14.1 Å². The van der Waals surface area contributed by atoms with Gasteiger partial charge < -0.3 is 19.6 Å². The van der Waals surface area contributed by atoms with Crippen LogP contribution >= 0.6 is 11.3 Å². The van der Waals surface area contributed by atoms with Gasteiger partial charge in [-0.2, -0.15) is 4.98 Å². The van der Waals surface area contributed by atoms with Crippen LogP contribution in [-0.4, -0.2) is 26.0 Å². The van der Waals surface area contributed by atoms with E-state index in [2.05, 4.69) is 25.4 Å². The summed E-state index contributed by atoms with van der Waals surface area (Å²) in [6.45, 7) is 1.81. The predicted molar refractivity (Wildman–Crippen MR) is 117 cm³/mol. The summed E-state index contributed by atoms with van der Waals surface area (Å²) in [7, 11) is 0. The molecule has 5 aromatic rings. The van der Waals surface area contributed by atoms with Gasteiger partial charge in [0.2, 0.25) is 11.7 Å². The van der Waals surface area contributed by atoms with Crippen LogP contribution in [0, 0.1) is 6.92 Å². The first-order valence-electron chi connectivity index (χ1n) is 9.52. The number of nitrogens with one attached hydrogen (secondary N) is 2. The average molecular weight is 431 g/mol. The lowest BCUT2D eigenvalue weighted by Gasteiger charge is -2.10. The second kappa shape index (κ2) is 8.04. The lowest BCUT2D eigenvalue weighted by molar-refractivity contribution is 0.102. The van der Waals surface area contributed by atoms with Gasteiger partial charge in [-0.3, -0.25) is 4.79 Å². The molecule has 5 rings (SSSR count). The third-order valence-corrected chi connectivity index (χ3v) is 5.43. The molecular weight excluding hydrogens is 414 g/mol. The van der Waals surface area contributed by atoms with Crippen LogP contribution in [0.5, 0.6) is 5.75 Å². The Bertz CT molecular complexity index is 1360. The fourth-order valence-corrected chi connectivity index (χ4v) is 3.81. The highest BCUT2D eigenvalue weighted by molar-refractivity contribution is 7.13. The number of imidazole rings is 1. The number of nitrogens with zero attached hydrogens (tertiary/aromatic N) is 3. The van der Waals surface area contributed by atoms with Gasteiger partial charge in [0.15, 0.2) is 6.61 Å². The maximum absolute atomic E-state index is 12.9. The average Bonchev–Trinajstić information content (AvgIpc) is 3.52. The molecule has 31 heavy (non-hydrogen) atoms. The van der Waals surface area contributed by atoms with Crippen LogP contribution in [0.2, 0.25) is 0 Å². The summed E-state index contributed by atoms with van der Waals surface area (Å²) in [6, 6.07) is 16.6. The van der Waals surface area contributed by atoms with E-state index >= 15 is 0 Å². The van der Waals surface area contributed by atoms with Crippen LogP contribution in [0.4, 0.5) is 5.69 Å². The van der Waals surface area contributed by atoms with Crippen LogP contribution in [0.3, 0.4) is 0 Å². The normalized spacial score (nSPS) is 11.0. The summed E-state index contributed by atoms with van der Waals surface area (Å²) in [5.41, 5.74) is 2.74. The van der Waals surface area contributed by atoms with Crippen molar-refractivity contribution in [3.8, 4) is 16.5 Å². The first kappa shape index (κ1) is 19.0. The van der Waals surface area contributed by atoms with Gasteiger partial charge in [-0.15, -0.1) is 11.3 Å². The lowest BCUT2D eigenvalue weighted by Crippen LogP contribution is -2.13. The number of hydrogen-bond acceptors (Lipinski definition) is 7. The number of rotatable bonds is 6. The number of aromatic nitrogens is 4. The molecule has 0 spiro atoms. The number of para-hydroxylation sites is 1. The van der Waals surface area contributed by atoms with Crippen LogP contribution in [-0.2, 0) is 6.61 Å². The molecule has 8 nitrogen and oxygen atoms in total. The lowest BCUT2D eigenvalue weighted by atomic mass is 10.1. The Hall–Kier alpha value is -3.98. The fraction of sp³-hybridized carbons (Fsp3) is 0.0909. The third-order valence-electron chi connectivity index (χ3n) is 4.55. The van der Waals surface area contributed by atoms with Crippen molar-refractivity contribution in [1.82, 2.24) is 20.1 Å². The number of carbonyl (C=O) groups excluding carboxylic acids is 1. The van der Waals surface area contributed by atoms with Crippen molar-refractivity contribution >= 4 is 34.0 Å². The van der Waals surface area contributed by atoms with Gasteiger partial charge in [-0.05, 0) is 41.8 Å². The third kappa shape index (κ3) is 4.03. The van der Waals surface area contributed by atoms with Crippen molar-refractivity contribution in [3.63, 3.8) is 0 Å². The van der Waals surface area contributed by atoms with Gasteiger partial charge in [0.25, 0.3) is 5.91 Å². The molecule has 0 saturated carbocycles. The Morgan fingerprint density at radius 1 is 1.16 bits per heavy atom. The molecule has 3 heterocycles. The minimum absolute atomic E-state index is 0.104. The smallest absolute Gasteiger partial charge is 0.259 e. The number of ether oxygens (including phenoxy) is 1. The minimum Gasteiger partial charge on any atom is -0.485 e.